The minimum absolute atomic E-state index is 0.824. The van der Waals surface area contributed by atoms with Gasteiger partial charge >= 0.3 is 0 Å². The van der Waals surface area contributed by atoms with Crippen molar-refractivity contribution in [2.45, 2.75) is 13.5 Å². The van der Waals surface area contributed by atoms with Crippen LogP contribution >= 0.6 is 15.9 Å². The molecule has 16 heavy (non-hydrogen) atoms. The average Bonchev–Trinajstić information content (AvgIpc) is 2.29. The number of halogens is 1. The van der Waals surface area contributed by atoms with Gasteiger partial charge in [0.1, 0.15) is 4.60 Å². The van der Waals surface area contributed by atoms with Crippen molar-refractivity contribution >= 4 is 21.6 Å². The number of aromatic nitrogens is 1. The van der Waals surface area contributed by atoms with E-state index in [2.05, 4.69) is 38.4 Å². The van der Waals surface area contributed by atoms with E-state index in [1.54, 1.807) is 0 Å². The molecular formula is C13H13BrN2. The van der Waals surface area contributed by atoms with Crippen molar-refractivity contribution in [3.63, 3.8) is 0 Å². The lowest BCUT2D eigenvalue weighted by molar-refractivity contribution is 1.10. The lowest BCUT2D eigenvalue weighted by atomic mass is 10.2. The molecule has 0 saturated heterocycles. The summed E-state index contributed by atoms with van der Waals surface area (Å²) in [6, 6.07) is 14.3. The molecule has 0 aliphatic carbocycles. The molecule has 0 spiro atoms. The first-order valence-electron chi connectivity index (χ1n) is 5.16. The molecule has 0 unspecified atom stereocenters. The third-order valence-electron chi connectivity index (χ3n) is 2.38. The Hall–Kier alpha value is -1.35. The Kier molecular flexibility index (Phi) is 3.57. The zero-order valence-corrected chi connectivity index (χ0v) is 10.7. The number of anilines is 1. The molecule has 2 aromatic rings. The minimum Gasteiger partial charge on any atom is -0.380 e. The summed E-state index contributed by atoms with van der Waals surface area (Å²) in [5, 5.41) is 3.37. The first-order valence-corrected chi connectivity index (χ1v) is 5.96. The van der Waals surface area contributed by atoms with Crippen LogP contribution in [0.5, 0.6) is 0 Å². The molecule has 0 amide bonds. The molecule has 1 aromatic heterocycles. The van der Waals surface area contributed by atoms with E-state index < -0.39 is 0 Å². The number of aryl methyl sites for hydroxylation is 1. The van der Waals surface area contributed by atoms with E-state index in [1.807, 2.05) is 37.3 Å². The average molecular weight is 277 g/mol. The Labute approximate surface area is 104 Å². The van der Waals surface area contributed by atoms with Gasteiger partial charge in [0.2, 0.25) is 0 Å². The Morgan fingerprint density at radius 2 is 1.88 bits per heavy atom. The van der Waals surface area contributed by atoms with Crippen LogP contribution in [0.15, 0.2) is 47.1 Å². The quantitative estimate of drug-likeness (QED) is 0.864. The predicted octanol–water partition coefficient (Wildman–Crippen LogP) is 3.76. The van der Waals surface area contributed by atoms with Crippen LogP contribution in [0.4, 0.5) is 5.69 Å². The second kappa shape index (κ2) is 5.12. The van der Waals surface area contributed by atoms with Crippen LogP contribution in [-0.4, -0.2) is 4.98 Å². The van der Waals surface area contributed by atoms with E-state index in [9.17, 15) is 0 Å². The van der Waals surface area contributed by atoms with E-state index in [0.29, 0.717) is 0 Å². The van der Waals surface area contributed by atoms with Gasteiger partial charge in [-0.15, -0.1) is 0 Å². The monoisotopic (exact) mass is 276 g/mol. The third kappa shape index (κ3) is 2.83. The van der Waals surface area contributed by atoms with Crippen LogP contribution in [0.3, 0.4) is 0 Å². The molecule has 0 radical (unpaired) electrons. The van der Waals surface area contributed by atoms with Gasteiger partial charge in [-0.1, -0.05) is 30.3 Å². The minimum atomic E-state index is 0.824. The first kappa shape index (κ1) is 11.1. The smallest absolute Gasteiger partial charge is 0.106 e. The van der Waals surface area contributed by atoms with E-state index in [0.717, 1.165) is 22.5 Å². The summed E-state index contributed by atoms with van der Waals surface area (Å²) in [6.45, 7) is 2.82. The maximum absolute atomic E-state index is 4.34. The maximum Gasteiger partial charge on any atom is 0.106 e. The number of hydrogen-bond donors (Lipinski definition) is 1. The fourth-order valence-electron chi connectivity index (χ4n) is 1.51. The van der Waals surface area contributed by atoms with E-state index in [-0.39, 0.29) is 0 Å². The first-order chi connectivity index (χ1) is 7.75. The topological polar surface area (TPSA) is 24.9 Å². The number of rotatable bonds is 3. The van der Waals surface area contributed by atoms with Crippen molar-refractivity contribution in [1.82, 2.24) is 4.98 Å². The molecule has 0 fully saturated rings. The van der Waals surface area contributed by atoms with Crippen LogP contribution in [0.1, 0.15) is 11.3 Å². The van der Waals surface area contributed by atoms with Crippen LogP contribution in [0.25, 0.3) is 0 Å². The second-order valence-electron chi connectivity index (χ2n) is 3.61. The molecule has 2 nitrogen and oxygen atoms in total. The molecule has 0 atom stereocenters. The summed E-state index contributed by atoms with van der Waals surface area (Å²) < 4.78 is 0.871. The molecule has 0 aliphatic rings. The largest absolute Gasteiger partial charge is 0.380 e. The molecule has 1 N–H and O–H groups in total. The summed E-state index contributed by atoms with van der Waals surface area (Å²) >= 11 is 3.35. The number of nitrogens with one attached hydrogen (secondary N) is 1. The summed E-state index contributed by atoms with van der Waals surface area (Å²) in [7, 11) is 0. The van der Waals surface area contributed by atoms with Crippen molar-refractivity contribution in [2.24, 2.45) is 0 Å². The van der Waals surface area contributed by atoms with Gasteiger partial charge in [0.05, 0.1) is 11.4 Å². The highest BCUT2D eigenvalue weighted by molar-refractivity contribution is 9.10. The summed E-state index contributed by atoms with van der Waals surface area (Å²) in [6.07, 6.45) is 0. The molecule has 0 aliphatic heterocycles. The fraction of sp³-hybridized carbons (Fsp3) is 0.154. The Morgan fingerprint density at radius 3 is 2.56 bits per heavy atom. The lowest BCUT2D eigenvalue weighted by Crippen LogP contribution is -2.01. The Bertz CT molecular complexity index is 469. The van der Waals surface area contributed by atoms with Gasteiger partial charge in [-0.25, -0.2) is 4.98 Å². The zero-order valence-electron chi connectivity index (χ0n) is 9.07. The van der Waals surface area contributed by atoms with Gasteiger partial charge < -0.3 is 5.32 Å². The lowest BCUT2D eigenvalue weighted by Gasteiger charge is -2.08. The van der Waals surface area contributed by atoms with E-state index >= 15 is 0 Å². The Balaban J connectivity index is 2.05. The van der Waals surface area contributed by atoms with Crippen LogP contribution < -0.4 is 5.32 Å². The van der Waals surface area contributed by atoms with Gasteiger partial charge in [-0.05, 0) is 40.5 Å². The van der Waals surface area contributed by atoms with Crippen LogP contribution in [0.2, 0.25) is 0 Å². The molecule has 0 bridgehead atoms. The number of benzene rings is 1. The van der Waals surface area contributed by atoms with Gasteiger partial charge in [-0.2, -0.15) is 0 Å². The molecule has 82 valence electrons. The summed E-state index contributed by atoms with van der Waals surface area (Å²) in [5.41, 5.74) is 3.35. The standard InChI is InChI=1S/C13H13BrN2/c1-10-12(7-8-13(14)16-10)15-9-11-5-3-2-4-6-11/h2-8,15H,9H2,1H3. The zero-order chi connectivity index (χ0) is 11.4. The highest BCUT2D eigenvalue weighted by Crippen LogP contribution is 2.16. The number of pyridine rings is 1. The number of hydrogen-bond acceptors (Lipinski definition) is 2. The predicted molar refractivity (Wildman–Crippen MR) is 70.4 cm³/mol. The fourth-order valence-corrected chi connectivity index (χ4v) is 1.91. The van der Waals surface area contributed by atoms with Crippen molar-refractivity contribution in [1.29, 1.82) is 0 Å². The SMILES string of the molecule is Cc1nc(Br)ccc1NCc1ccccc1. The molecule has 1 heterocycles. The number of nitrogens with zero attached hydrogens (tertiary/aromatic N) is 1. The second-order valence-corrected chi connectivity index (χ2v) is 4.42. The van der Waals surface area contributed by atoms with Gasteiger partial charge in [0.25, 0.3) is 0 Å². The molecular weight excluding hydrogens is 264 g/mol. The Morgan fingerprint density at radius 1 is 1.12 bits per heavy atom. The van der Waals surface area contributed by atoms with Gasteiger partial charge in [0, 0.05) is 6.54 Å². The molecule has 0 saturated carbocycles. The molecule has 1 aromatic carbocycles. The van der Waals surface area contributed by atoms with Gasteiger partial charge in [-0.3, -0.25) is 0 Å². The highest BCUT2D eigenvalue weighted by atomic mass is 79.9. The summed E-state index contributed by atoms with van der Waals surface area (Å²) in [5.74, 6) is 0. The molecule has 2 rings (SSSR count). The van der Waals surface area contributed by atoms with E-state index in [1.165, 1.54) is 5.56 Å². The van der Waals surface area contributed by atoms with Crippen LogP contribution in [-0.2, 0) is 6.54 Å². The summed E-state index contributed by atoms with van der Waals surface area (Å²) in [4.78, 5) is 4.34. The van der Waals surface area contributed by atoms with Crippen molar-refractivity contribution < 1.29 is 0 Å². The van der Waals surface area contributed by atoms with Crippen molar-refractivity contribution in [2.75, 3.05) is 5.32 Å². The third-order valence-corrected chi connectivity index (χ3v) is 2.82. The molecule has 3 heteroatoms. The van der Waals surface area contributed by atoms with Crippen molar-refractivity contribution in [3.05, 3.63) is 58.3 Å². The van der Waals surface area contributed by atoms with Crippen molar-refractivity contribution in [3.8, 4) is 0 Å². The highest BCUT2D eigenvalue weighted by Gasteiger charge is 1.99. The maximum atomic E-state index is 4.34. The van der Waals surface area contributed by atoms with E-state index in [4.69, 9.17) is 0 Å². The van der Waals surface area contributed by atoms with Gasteiger partial charge in [0.15, 0.2) is 0 Å². The normalized spacial score (nSPS) is 10.1. The van der Waals surface area contributed by atoms with Crippen LogP contribution in [0, 0.1) is 6.92 Å².